The molecule has 0 spiro atoms. The molecule has 3 rings (SSSR count). The smallest absolute Gasteiger partial charge is 0.419 e. The lowest BCUT2D eigenvalue weighted by molar-refractivity contribution is -0.131. The number of ether oxygens (including phenoxy) is 1. The van der Waals surface area contributed by atoms with Gasteiger partial charge in [0.05, 0.1) is 11.0 Å². The van der Waals surface area contributed by atoms with Gasteiger partial charge >= 0.3 is 6.11 Å². The highest BCUT2D eigenvalue weighted by Crippen LogP contribution is 2.28. The van der Waals surface area contributed by atoms with Crippen LogP contribution >= 0.6 is 0 Å². The highest BCUT2D eigenvalue weighted by atomic mass is 19.3. The average molecular weight is 356 g/mol. The topological polar surface area (TPSA) is 44.1 Å². The normalized spacial score (nSPS) is 12.0. The number of alkyl halides is 2. The van der Waals surface area contributed by atoms with E-state index in [-0.39, 0.29) is 11.3 Å². The summed E-state index contributed by atoms with van der Waals surface area (Å²) in [4.78, 5) is 16.3. The predicted molar refractivity (Wildman–Crippen MR) is 97.5 cm³/mol. The fraction of sp³-hybridized carbons (Fsp3) is 0.200. The molecule has 1 heterocycles. The third-order valence-electron chi connectivity index (χ3n) is 4.04. The first-order valence-electron chi connectivity index (χ1n) is 8.09. The second-order valence-corrected chi connectivity index (χ2v) is 5.95. The van der Waals surface area contributed by atoms with Crippen LogP contribution in [0.4, 0.5) is 8.78 Å². The molecule has 6 heteroatoms. The molecule has 0 aliphatic heterocycles. The van der Waals surface area contributed by atoms with Crippen LogP contribution in [-0.2, 0) is 7.05 Å². The Morgan fingerprint density at radius 3 is 2.42 bits per heavy atom. The number of rotatable bonds is 4. The van der Waals surface area contributed by atoms with Gasteiger partial charge in [-0.25, -0.2) is 4.98 Å². The Balaban J connectivity index is 1.94. The van der Waals surface area contributed by atoms with Crippen LogP contribution in [0, 0.1) is 6.92 Å². The van der Waals surface area contributed by atoms with Crippen molar-refractivity contribution in [1.29, 1.82) is 0 Å². The van der Waals surface area contributed by atoms with Gasteiger partial charge in [0, 0.05) is 13.1 Å². The first kappa shape index (κ1) is 17.8. The molecule has 0 aliphatic carbocycles. The molecule has 0 saturated heterocycles. The fourth-order valence-corrected chi connectivity index (χ4v) is 2.76. The number of aromatic nitrogens is 2. The second-order valence-electron chi connectivity index (χ2n) is 5.95. The zero-order chi connectivity index (χ0) is 18.9. The van der Waals surface area contributed by atoms with Gasteiger partial charge in [-0.2, -0.15) is 8.78 Å². The van der Waals surface area contributed by atoms with E-state index in [4.69, 9.17) is 0 Å². The van der Waals surface area contributed by atoms with Gasteiger partial charge in [0.1, 0.15) is 11.4 Å². The molecule has 0 amide bonds. The first-order chi connectivity index (χ1) is 12.3. The summed E-state index contributed by atoms with van der Waals surface area (Å²) in [5, 5.41) is 0. The van der Waals surface area contributed by atoms with E-state index in [0.717, 1.165) is 16.6 Å². The van der Waals surface area contributed by atoms with Gasteiger partial charge in [-0.15, -0.1) is 0 Å². The lowest BCUT2D eigenvalue weighted by Gasteiger charge is -2.14. The summed E-state index contributed by atoms with van der Waals surface area (Å²) in [6, 6.07) is 12.0. The van der Waals surface area contributed by atoms with Crippen molar-refractivity contribution in [2.24, 2.45) is 7.05 Å². The maximum Gasteiger partial charge on any atom is 0.419 e. The van der Waals surface area contributed by atoms with Crippen LogP contribution in [0.3, 0.4) is 0 Å². The number of hydrogen-bond acceptors (Lipinski definition) is 3. The van der Waals surface area contributed by atoms with Crippen molar-refractivity contribution in [2.75, 3.05) is 0 Å². The van der Waals surface area contributed by atoms with Crippen molar-refractivity contribution in [2.45, 2.75) is 20.0 Å². The third-order valence-corrected chi connectivity index (χ3v) is 4.04. The van der Waals surface area contributed by atoms with Crippen molar-refractivity contribution in [3.05, 3.63) is 70.7 Å². The van der Waals surface area contributed by atoms with Gasteiger partial charge in [0.2, 0.25) is 0 Å². The Labute approximate surface area is 149 Å². The molecule has 4 nitrogen and oxygen atoms in total. The first-order valence-corrected chi connectivity index (χ1v) is 8.09. The zero-order valence-corrected chi connectivity index (χ0v) is 14.7. The van der Waals surface area contributed by atoms with Crippen LogP contribution in [0.2, 0.25) is 0 Å². The molecule has 0 aliphatic rings. The number of hydrogen-bond donors (Lipinski definition) is 0. The monoisotopic (exact) mass is 356 g/mol. The summed E-state index contributed by atoms with van der Waals surface area (Å²) in [5.74, 6) is 0.0778. The molecule has 0 fully saturated rings. The summed E-state index contributed by atoms with van der Waals surface area (Å²) in [5.41, 5.74) is 3.43. The summed E-state index contributed by atoms with van der Waals surface area (Å²) in [6.07, 6.45) is -1.40. The quantitative estimate of drug-likeness (QED) is 0.649. The summed E-state index contributed by atoms with van der Waals surface area (Å²) in [6.45, 7) is 3.18. The number of nitrogens with zero attached hydrogens (tertiary/aromatic N) is 2. The van der Waals surface area contributed by atoms with Crippen molar-refractivity contribution >= 4 is 11.0 Å². The minimum Gasteiger partial charge on any atom is -0.429 e. The Morgan fingerprint density at radius 1 is 1.12 bits per heavy atom. The van der Waals surface area contributed by atoms with Gasteiger partial charge in [-0.1, -0.05) is 24.3 Å². The molecule has 134 valence electrons. The van der Waals surface area contributed by atoms with Gasteiger partial charge in [-0.3, -0.25) is 4.79 Å². The molecule has 26 heavy (non-hydrogen) atoms. The van der Waals surface area contributed by atoms with E-state index in [0.29, 0.717) is 17.3 Å². The minimum atomic E-state index is -3.34. The fourth-order valence-electron chi connectivity index (χ4n) is 2.76. The SMILES string of the molecule is CC=CC(F)(F)Oc1ccc(-c2ccc3c(c2)nc(C)c(=O)n3C)cc1. The van der Waals surface area contributed by atoms with E-state index >= 15 is 0 Å². The molecule has 0 atom stereocenters. The maximum atomic E-state index is 13.5. The molecular weight excluding hydrogens is 338 g/mol. The van der Waals surface area contributed by atoms with E-state index in [9.17, 15) is 13.6 Å². The van der Waals surface area contributed by atoms with Crippen molar-refractivity contribution in [3.8, 4) is 16.9 Å². The number of fused-ring (bicyclic) bond motifs is 1. The van der Waals surface area contributed by atoms with E-state index in [1.165, 1.54) is 25.1 Å². The molecule has 0 bridgehead atoms. The minimum absolute atomic E-state index is 0.0778. The molecule has 0 saturated carbocycles. The Kier molecular flexibility index (Phi) is 4.59. The Bertz CT molecular complexity index is 1040. The molecular formula is C20H18F2N2O2. The van der Waals surface area contributed by atoms with Gasteiger partial charge in [-0.05, 0) is 49.2 Å². The zero-order valence-electron chi connectivity index (χ0n) is 14.7. The standard InChI is InChI=1S/C20H18F2N2O2/c1-4-11-20(21,22)26-16-8-5-14(6-9-16)15-7-10-18-17(12-15)23-13(2)19(25)24(18)3/h4-12H,1-3H3. The Morgan fingerprint density at radius 2 is 1.77 bits per heavy atom. The second kappa shape index (κ2) is 6.71. The van der Waals surface area contributed by atoms with E-state index in [1.54, 1.807) is 30.7 Å². The van der Waals surface area contributed by atoms with Gasteiger partial charge in [0.25, 0.3) is 5.56 Å². The van der Waals surface area contributed by atoms with Crippen LogP contribution in [0.5, 0.6) is 5.75 Å². The molecule has 3 aromatic rings. The van der Waals surface area contributed by atoms with Gasteiger partial charge < -0.3 is 9.30 Å². The molecule has 1 aromatic heterocycles. The van der Waals surface area contributed by atoms with Crippen LogP contribution in [0.1, 0.15) is 12.6 Å². The van der Waals surface area contributed by atoms with Crippen LogP contribution in [-0.4, -0.2) is 15.7 Å². The number of aryl methyl sites for hydroxylation is 2. The number of halogens is 2. The summed E-state index contributed by atoms with van der Waals surface area (Å²) >= 11 is 0. The van der Waals surface area contributed by atoms with Crippen molar-refractivity contribution in [1.82, 2.24) is 9.55 Å². The van der Waals surface area contributed by atoms with Gasteiger partial charge in [0.15, 0.2) is 0 Å². The largest absolute Gasteiger partial charge is 0.429 e. The van der Waals surface area contributed by atoms with Crippen LogP contribution in [0.15, 0.2) is 59.4 Å². The highest BCUT2D eigenvalue weighted by Gasteiger charge is 2.26. The van der Waals surface area contributed by atoms with Crippen molar-refractivity contribution < 1.29 is 13.5 Å². The van der Waals surface area contributed by atoms with E-state index in [2.05, 4.69) is 9.72 Å². The van der Waals surface area contributed by atoms with Crippen LogP contribution < -0.4 is 10.3 Å². The molecule has 0 N–H and O–H groups in total. The lowest BCUT2D eigenvalue weighted by Crippen LogP contribution is -2.21. The van der Waals surface area contributed by atoms with Crippen LogP contribution in [0.25, 0.3) is 22.2 Å². The maximum absolute atomic E-state index is 13.5. The summed E-state index contributed by atoms with van der Waals surface area (Å²) in [7, 11) is 1.70. The average Bonchev–Trinajstić information content (AvgIpc) is 2.59. The van der Waals surface area contributed by atoms with E-state index in [1.807, 2.05) is 18.2 Å². The Hall–Kier alpha value is -3.02. The highest BCUT2D eigenvalue weighted by molar-refractivity contribution is 5.81. The summed E-state index contributed by atoms with van der Waals surface area (Å²) < 4.78 is 33.2. The lowest BCUT2D eigenvalue weighted by atomic mass is 10.0. The molecule has 0 radical (unpaired) electrons. The van der Waals surface area contributed by atoms with Crippen molar-refractivity contribution in [3.63, 3.8) is 0 Å². The number of benzene rings is 2. The number of allylic oxidation sites excluding steroid dienone is 1. The molecule has 2 aromatic carbocycles. The van der Waals surface area contributed by atoms with E-state index < -0.39 is 6.11 Å². The predicted octanol–water partition coefficient (Wildman–Crippen LogP) is 4.46. The molecule has 0 unspecified atom stereocenters. The third kappa shape index (κ3) is 3.49.